The fourth-order valence-corrected chi connectivity index (χ4v) is 3.06. The summed E-state index contributed by atoms with van der Waals surface area (Å²) in [6, 6.07) is 27.3. The van der Waals surface area contributed by atoms with Gasteiger partial charge in [0.2, 0.25) is 0 Å². The summed E-state index contributed by atoms with van der Waals surface area (Å²) in [5, 5.41) is 10.1. The lowest BCUT2D eigenvalue weighted by atomic mass is 10.0. The number of benzene rings is 3. The van der Waals surface area contributed by atoms with Crippen molar-refractivity contribution in [3.05, 3.63) is 102 Å². The molecule has 4 aromatic rings. The summed E-state index contributed by atoms with van der Waals surface area (Å²) in [5.74, 6) is -0.949. The third-order valence-corrected chi connectivity index (χ3v) is 4.43. The number of pyridine rings is 1. The Hall–Kier alpha value is -3.72. The number of para-hydroxylation sites is 1. The number of nitrogens with zero attached hydrogens (tertiary/aromatic N) is 1. The van der Waals surface area contributed by atoms with Crippen LogP contribution in [0.2, 0.25) is 0 Å². The van der Waals surface area contributed by atoms with E-state index in [1.54, 1.807) is 12.1 Å². The number of carboxylic acids is 1. The quantitative estimate of drug-likeness (QED) is 0.508. The Morgan fingerprint density at radius 2 is 1.44 bits per heavy atom. The van der Waals surface area contributed by atoms with Crippen LogP contribution in [0.3, 0.4) is 0 Å². The molecule has 0 radical (unpaired) electrons. The highest BCUT2D eigenvalue weighted by molar-refractivity contribution is 6.03. The first kappa shape index (κ1) is 16.7. The Morgan fingerprint density at radius 1 is 0.778 bits per heavy atom. The van der Waals surface area contributed by atoms with Crippen molar-refractivity contribution in [1.29, 1.82) is 0 Å². The molecule has 1 N–H and O–H groups in total. The second-order valence-corrected chi connectivity index (χ2v) is 6.24. The van der Waals surface area contributed by atoms with Crippen molar-refractivity contribution in [2.24, 2.45) is 0 Å². The van der Waals surface area contributed by atoms with Gasteiger partial charge in [0.15, 0.2) is 0 Å². The number of hydrogen-bond donors (Lipinski definition) is 1. The van der Waals surface area contributed by atoms with Gasteiger partial charge in [0.05, 0.1) is 16.8 Å². The van der Waals surface area contributed by atoms with E-state index >= 15 is 0 Å². The molecule has 0 atom stereocenters. The number of carboxylic acid groups (broad SMARTS) is 1. The zero-order valence-corrected chi connectivity index (χ0v) is 14.5. The van der Waals surface area contributed by atoms with Gasteiger partial charge in [0.1, 0.15) is 0 Å². The zero-order valence-electron chi connectivity index (χ0n) is 14.5. The molecule has 1 aromatic heterocycles. The van der Waals surface area contributed by atoms with Crippen LogP contribution in [0.15, 0.2) is 84.9 Å². The number of hydrogen-bond acceptors (Lipinski definition) is 2. The number of fused-ring (bicyclic) bond motifs is 1. The second kappa shape index (κ2) is 7.26. The van der Waals surface area contributed by atoms with Crippen LogP contribution in [0.1, 0.15) is 21.6 Å². The molecule has 0 unspecified atom stereocenters. The predicted molar refractivity (Wildman–Crippen MR) is 110 cm³/mol. The molecule has 0 aliphatic heterocycles. The van der Waals surface area contributed by atoms with E-state index in [1.165, 1.54) is 5.56 Å². The topological polar surface area (TPSA) is 50.2 Å². The van der Waals surface area contributed by atoms with Crippen molar-refractivity contribution in [1.82, 2.24) is 4.98 Å². The normalized spacial score (nSPS) is 11.1. The molecule has 130 valence electrons. The lowest BCUT2D eigenvalue weighted by Crippen LogP contribution is -2.00. The van der Waals surface area contributed by atoms with E-state index in [9.17, 15) is 9.90 Å². The molecule has 0 aliphatic rings. The highest BCUT2D eigenvalue weighted by Gasteiger charge is 2.10. The van der Waals surface area contributed by atoms with Crippen molar-refractivity contribution in [3.8, 4) is 11.1 Å². The van der Waals surface area contributed by atoms with Crippen molar-refractivity contribution >= 4 is 29.0 Å². The van der Waals surface area contributed by atoms with Gasteiger partial charge >= 0.3 is 5.97 Å². The molecule has 0 amide bonds. The Bertz CT molecular complexity index is 1130. The van der Waals surface area contributed by atoms with Gasteiger partial charge in [-0.05, 0) is 34.9 Å². The molecule has 0 fully saturated rings. The maximum atomic E-state index is 11.6. The molecule has 3 aromatic carbocycles. The largest absolute Gasteiger partial charge is 0.478 e. The average Bonchev–Trinajstić information content (AvgIpc) is 2.72. The molecule has 1 heterocycles. The molecule has 0 saturated heterocycles. The van der Waals surface area contributed by atoms with E-state index < -0.39 is 5.97 Å². The summed E-state index contributed by atoms with van der Waals surface area (Å²) in [6.45, 7) is 0. The first-order valence-electron chi connectivity index (χ1n) is 8.67. The lowest BCUT2D eigenvalue weighted by Gasteiger charge is -2.04. The van der Waals surface area contributed by atoms with Gasteiger partial charge in [-0.2, -0.15) is 0 Å². The summed E-state index contributed by atoms with van der Waals surface area (Å²) < 4.78 is 0. The average molecular weight is 351 g/mol. The molecule has 4 rings (SSSR count). The molecule has 3 nitrogen and oxygen atoms in total. The Labute approximate surface area is 157 Å². The summed E-state index contributed by atoms with van der Waals surface area (Å²) in [6.07, 6.45) is 3.79. The van der Waals surface area contributed by atoms with E-state index in [2.05, 4.69) is 29.2 Å². The van der Waals surface area contributed by atoms with Crippen LogP contribution in [0.5, 0.6) is 0 Å². The maximum Gasteiger partial charge on any atom is 0.336 e. The fourth-order valence-electron chi connectivity index (χ4n) is 3.06. The van der Waals surface area contributed by atoms with Crippen molar-refractivity contribution in [2.45, 2.75) is 0 Å². The maximum absolute atomic E-state index is 11.6. The molecule has 3 heteroatoms. The minimum atomic E-state index is -0.949. The van der Waals surface area contributed by atoms with E-state index in [0.717, 1.165) is 11.1 Å². The summed E-state index contributed by atoms with van der Waals surface area (Å²) in [7, 11) is 0. The highest BCUT2D eigenvalue weighted by atomic mass is 16.4. The zero-order chi connectivity index (χ0) is 18.6. The van der Waals surface area contributed by atoms with Gasteiger partial charge in [-0.1, -0.05) is 78.9 Å². The lowest BCUT2D eigenvalue weighted by molar-refractivity contribution is 0.0699. The van der Waals surface area contributed by atoms with Crippen LogP contribution >= 0.6 is 0 Å². The molecular formula is C24H17NO2. The molecular weight excluding hydrogens is 334 g/mol. The minimum absolute atomic E-state index is 0.264. The van der Waals surface area contributed by atoms with Crippen molar-refractivity contribution < 1.29 is 9.90 Å². The van der Waals surface area contributed by atoms with E-state index in [0.29, 0.717) is 16.6 Å². The van der Waals surface area contributed by atoms with Crippen LogP contribution in [0, 0.1) is 0 Å². The summed E-state index contributed by atoms with van der Waals surface area (Å²) >= 11 is 0. The van der Waals surface area contributed by atoms with Crippen LogP contribution < -0.4 is 0 Å². The van der Waals surface area contributed by atoms with Crippen LogP contribution in [-0.4, -0.2) is 16.1 Å². The van der Waals surface area contributed by atoms with Gasteiger partial charge in [0, 0.05) is 5.39 Å². The fraction of sp³-hybridized carbons (Fsp3) is 0. The van der Waals surface area contributed by atoms with Crippen LogP contribution in [-0.2, 0) is 0 Å². The Morgan fingerprint density at radius 3 is 2.19 bits per heavy atom. The van der Waals surface area contributed by atoms with E-state index in [4.69, 9.17) is 0 Å². The second-order valence-electron chi connectivity index (χ2n) is 6.24. The molecule has 0 aliphatic carbocycles. The van der Waals surface area contributed by atoms with E-state index in [1.807, 2.05) is 60.7 Å². The van der Waals surface area contributed by atoms with Gasteiger partial charge < -0.3 is 5.11 Å². The Balaban J connectivity index is 1.64. The third-order valence-electron chi connectivity index (χ3n) is 4.43. The number of rotatable bonds is 4. The Kier molecular flexibility index (Phi) is 4.50. The predicted octanol–water partition coefficient (Wildman–Crippen LogP) is 5.77. The first-order valence-corrected chi connectivity index (χ1v) is 8.67. The van der Waals surface area contributed by atoms with Crippen LogP contribution in [0.4, 0.5) is 0 Å². The first-order chi connectivity index (χ1) is 13.2. The number of aromatic nitrogens is 1. The highest BCUT2D eigenvalue weighted by Crippen LogP contribution is 2.22. The van der Waals surface area contributed by atoms with Gasteiger partial charge in [-0.25, -0.2) is 9.78 Å². The summed E-state index contributed by atoms with van der Waals surface area (Å²) in [5.41, 5.74) is 4.93. The number of carbonyl (C=O) groups is 1. The molecule has 0 saturated carbocycles. The van der Waals surface area contributed by atoms with E-state index in [-0.39, 0.29) is 5.56 Å². The molecule has 0 spiro atoms. The van der Waals surface area contributed by atoms with Gasteiger partial charge in [0.25, 0.3) is 0 Å². The smallest absolute Gasteiger partial charge is 0.336 e. The standard InChI is InChI=1S/C24H17NO2/c26-24(27)22-16-20(25-23-9-5-4-8-21(22)23)15-12-17-10-13-19(14-11-17)18-6-2-1-3-7-18/h1-16H,(H,26,27)/b15-12+. The molecule has 27 heavy (non-hydrogen) atoms. The van der Waals surface area contributed by atoms with Gasteiger partial charge in [-0.3, -0.25) is 0 Å². The summed E-state index contributed by atoms with van der Waals surface area (Å²) in [4.78, 5) is 16.1. The van der Waals surface area contributed by atoms with Gasteiger partial charge in [-0.15, -0.1) is 0 Å². The number of aromatic carboxylic acids is 1. The minimum Gasteiger partial charge on any atom is -0.478 e. The van der Waals surface area contributed by atoms with Crippen molar-refractivity contribution in [3.63, 3.8) is 0 Å². The van der Waals surface area contributed by atoms with Crippen molar-refractivity contribution in [2.75, 3.05) is 0 Å². The SMILES string of the molecule is O=C(O)c1cc(/C=C/c2ccc(-c3ccccc3)cc2)nc2ccccc12. The molecule has 0 bridgehead atoms. The third kappa shape index (κ3) is 3.62. The van der Waals surface area contributed by atoms with Crippen LogP contribution in [0.25, 0.3) is 34.2 Å². The monoisotopic (exact) mass is 351 g/mol.